The van der Waals surface area contributed by atoms with Gasteiger partial charge in [0.15, 0.2) is 0 Å². The van der Waals surface area contributed by atoms with Crippen LogP contribution in [0, 0.1) is 10.8 Å². The van der Waals surface area contributed by atoms with Crippen molar-refractivity contribution in [2.45, 2.75) is 46.1 Å². The molecule has 0 radical (unpaired) electrons. The Morgan fingerprint density at radius 2 is 1.39 bits per heavy atom. The van der Waals surface area contributed by atoms with Gasteiger partial charge in [-0.2, -0.15) is 0 Å². The number of nitrogens with zero attached hydrogens (tertiary/aromatic N) is 2. The van der Waals surface area contributed by atoms with E-state index in [1.165, 1.54) is 25.8 Å². The standard InChI is InChI=1S/C16H36N2/c1-15(2)10-14(18(7,8)9)11-16(3,12-15)13-17(4,5)6/h14H,10-13H2,1-9H3/q+2. The van der Waals surface area contributed by atoms with Crippen molar-refractivity contribution in [3.63, 3.8) is 0 Å². The largest absolute Gasteiger partial charge is 0.330 e. The van der Waals surface area contributed by atoms with Crippen LogP contribution in [0.5, 0.6) is 0 Å². The summed E-state index contributed by atoms with van der Waals surface area (Å²) < 4.78 is 2.19. The summed E-state index contributed by atoms with van der Waals surface area (Å²) in [4.78, 5) is 0. The summed E-state index contributed by atoms with van der Waals surface area (Å²) in [5.74, 6) is 0. The lowest BCUT2D eigenvalue weighted by atomic mass is 9.62. The van der Waals surface area contributed by atoms with Crippen molar-refractivity contribution in [2.75, 3.05) is 48.8 Å². The second-order valence-electron chi connectivity index (χ2n) is 9.78. The Morgan fingerprint density at radius 1 is 0.889 bits per heavy atom. The zero-order chi connectivity index (χ0) is 14.4. The average Bonchev–Trinajstić information content (AvgIpc) is 1.91. The number of hydrogen-bond donors (Lipinski definition) is 0. The van der Waals surface area contributed by atoms with Crippen LogP contribution in [-0.4, -0.2) is 63.8 Å². The van der Waals surface area contributed by atoms with Crippen molar-refractivity contribution in [1.82, 2.24) is 0 Å². The molecule has 2 atom stereocenters. The van der Waals surface area contributed by atoms with E-state index < -0.39 is 0 Å². The number of rotatable bonds is 3. The van der Waals surface area contributed by atoms with Gasteiger partial charge in [0.05, 0.1) is 54.9 Å². The van der Waals surface area contributed by atoms with Crippen molar-refractivity contribution in [2.24, 2.45) is 10.8 Å². The van der Waals surface area contributed by atoms with E-state index in [4.69, 9.17) is 0 Å². The lowest BCUT2D eigenvalue weighted by Crippen LogP contribution is -2.56. The summed E-state index contributed by atoms with van der Waals surface area (Å²) in [7, 11) is 14.1. The highest BCUT2D eigenvalue weighted by Gasteiger charge is 2.47. The molecule has 1 fully saturated rings. The molecule has 0 aliphatic heterocycles. The lowest BCUT2D eigenvalue weighted by molar-refractivity contribution is -0.903. The molecule has 2 nitrogen and oxygen atoms in total. The number of hydrogen-bond acceptors (Lipinski definition) is 0. The zero-order valence-corrected chi connectivity index (χ0v) is 14.3. The predicted molar refractivity (Wildman–Crippen MR) is 80.5 cm³/mol. The molecule has 18 heavy (non-hydrogen) atoms. The molecule has 2 heteroatoms. The fourth-order valence-corrected chi connectivity index (χ4v) is 4.39. The smallest absolute Gasteiger partial charge is 0.0896 e. The summed E-state index contributed by atoms with van der Waals surface area (Å²) in [6, 6.07) is 0.797. The van der Waals surface area contributed by atoms with Crippen LogP contribution in [0.25, 0.3) is 0 Å². The third-order valence-electron chi connectivity index (χ3n) is 4.37. The van der Waals surface area contributed by atoms with Gasteiger partial charge in [-0.15, -0.1) is 0 Å². The minimum Gasteiger partial charge on any atom is -0.330 e. The molecule has 0 bridgehead atoms. The van der Waals surface area contributed by atoms with E-state index in [0.717, 1.165) is 15.0 Å². The van der Waals surface area contributed by atoms with Crippen LogP contribution in [0.1, 0.15) is 40.0 Å². The van der Waals surface area contributed by atoms with Gasteiger partial charge in [-0.25, -0.2) is 0 Å². The third kappa shape index (κ3) is 4.55. The highest BCUT2D eigenvalue weighted by Crippen LogP contribution is 2.48. The quantitative estimate of drug-likeness (QED) is 0.681. The molecule has 1 saturated carbocycles. The highest BCUT2D eigenvalue weighted by atomic mass is 15.3. The van der Waals surface area contributed by atoms with Crippen molar-refractivity contribution in [3.8, 4) is 0 Å². The SMILES string of the molecule is CC1(C)CC([N+](C)(C)C)CC(C)(C[N+](C)(C)C)C1. The maximum atomic E-state index is 2.51. The molecule has 0 aromatic heterocycles. The van der Waals surface area contributed by atoms with Crippen LogP contribution in [-0.2, 0) is 0 Å². The third-order valence-corrected chi connectivity index (χ3v) is 4.37. The normalized spacial score (nSPS) is 33.5. The molecule has 1 aliphatic carbocycles. The molecule has 0 N–H and O–H groups in total. The first-order chi connectivity index (χ1) is 7.73. The van der Waals surface area contributed by atoms with Gasteiger partial charge in [-0.3, -0.25) is 0 Å². The van der Waals surface area contributed by atoms with Gasteiger partial charge >= 0.3 is 0 Å². The first-order valence-corrected chi connectivity index (χ1v) is 7.34. The molecule has 0 saturated heterocycles. The van der Waals surface area contributed by atoms with E-state index in [1.807, 2.05) is 0 Å². The molecule has 1 rings (SSSR count). The topological polar surface area (TPSA) is 0 Å². The molecule has 0 amide bonds. The summed E-state index contributed by atoms with van der Waals surface area (Å²) in [6.07, 6.45) is 4.10. The molecule has 0 spiro atoms. The van der Waals surface area contributed by atoms with Crippen LogP contribution in [0.3, 0.4) is 0 Å². The van der Waals surface area contributed by atoms with Crippen LogP contribution in [0.2, 0.25) is 0 Å². The van der Waals surface area contributed by atoms with E-state index in [2.05, 4.69) is 63.1 Å². The van der Waals surface area contributed by atoms with Gasteiger partial charge in [0.2, 0.25) is 0 Å². The van der Waals surface area contributed by atoms with Gasteiger partial charge in [-0.05, 0) is 11.8 Å². The zero-order valence-electron chi connectivity index (χ0n) is 14.3. The van der Waals surface area contributed by atoms with Gasteiger partial charge in [0.25, 0.3) is 0 Å². The average molecular weight is 256 g/mol. The molecule has 0 aromatic carbocycles. The summed E-state index contributed by atoms with van der Waals surface area (Å²) >= 11 is 0. The Hall–Kier alpha value is -0.0800. The Labute approximate surface area is 115 Å². The van der Waals surface area contributed by atoms with E-state index in [0.29, 0.717) is 10.8 Å². The number of quaternary nitrogens is 2. The van der Waals surface area contributed by atoms with E-state index in [9.17, 15) is 0 Å². The lowest BCUT2D eigenvalue weighted by Gasteiger charge is -2.51. The Balaban J connectivity index is 2.93. The Bertz CT molecular complexity index is 289. The highest BCUT2D eigenvalue weighted by molar-refractivity contribution is 4.92. The van der Waals surface area contributed by atoms with Crippen molar-refractivity contribution < 1.29 is 8.97 Å². The monoisotopic (exact) mass is 256 g/mol. The van der Waals surface area contributed by atoms with Crippen molar-refractivity contribution >= 4 is 0 Å². The molecule has 1 aliphatic rings. The van der Waals surface area contributed by atoms with Crippen LogP contribution < -0.4 is 0 Å². The van der Waals surface area contributed by atoms with Crippen LogP contribution in [0.4, 0.5) is 0 Å². The molecular weight excluding hydrogens is 220 g/mol. The molecule has 2 unspecified atom stereocenters. The molecule has 0 aromatic rings. The van der Waals surface area contributed by atoms with E-state index >= 15 is 0 Å². The van der Waals surface area contributed by atoms with Gasteiger partial charge < -0.3 is 8.97 Å². The minimum absolute atomic E-state index is 0.482. The summed E-state index contributed by atoms with van der Waals surface area (Å²) in [5, 5.41) is 0. The molecule has 0 heterocycles. The second-order valence-corrected chi connectivity index (χ2v) is 9.78. The Kier molecular flexibility index (Phi) is 3.98. The molecule has 108 valence electrons. The fourth-order valence-electron chi connectivity index (χ4n) is 4.39. The second kappa shape index (κ2) is 4.49. The van der Waals surface area contributed by atoms with Crippen molar-refractivity contribution in [1.29, 1.82) is 0 Å². The first-order valence-electron chi connectivity index (χ1n) is 7.34. The van der Waals surface area contributed by atoms with E-state index in [-0.39, 0.29) is 0 Å². The van der Waals surface area contributed by atoms with Gasteiger partial charge in [0, 0.05) is 18.3 Å². The summed E-state index contributed by atoms with van der Waals surface area (Å²) in [5.41, 5.74) is 0.967. The fraction of sp³-hybridized carbons (Fsp3) is 1.00. The van der Waals surface area contributed by atoms with Crippen molar-refractivity contribution in [3.05, 3.63) is 0 Å². The Morgan fingerprint density at radius 3 is 1.78 bits per heavy atom. The van der Waals surface area contributed by atoms with Gasteiger partial charge in [-0.1, -0.05) is 20.8 Å². The first kappa shape index (κ1) is 16.0. The minimum atomic E-state index is 0.482. The molecular formula is C16H36N2+2. The predicted octanol–water partition coefficient (Wildman–Crippen LogP) is 2.98. The van der Waals surface area contributed by atoms with Crippen LogP contribution in [0.15, 0.2) is 0 Å². The summed E-state index contributed by atoms with van der Waals surface area (Å²) in [6.45, 7) is 8.72. The van der Waals surface area contributed by atoms with Crippen LogP contribution >= 0.6 is 0 Å². The van der Waals surface area contributed by atoms with E-state index in [1.54, 1.807) is 0 Å². The maximum Gasteiger partial charge on any atom is 0.0896 e. The van der Waals surface area contributed by atoms with Gasteiger partial charge in [0.1, 0.15) is 0 Å². The maximum absolute atomic E-state index is 2.51.